The van der Waals surface area contributed by atoms with E-state index >= 15 is 0 Å². The van der Waals surface area contributed by atoms with Gasteiger partial charge in [-0.2, -0.15) is 0 Å². The molecule has 194 valence electrons. The number of rotatable bonds is 5. The minimum absolute atomic E-state index is 0.228. The van der Waals surface area contributed by atoms with E-state index in [1.165, 1.54) is 31.2 Å². The molecule has 8 nitrogen and oxygen atoms in total. The van der Waals surface area contributed by atoms with Crippen molar-refractivity contribution in [3.8, 4) is 0 Å². The number of hydrogen-bond acceptors (Lipinski definition) is 9. The van der Waals surface area contributed by atoms with Gasteiger partial charge in [0.15, 0.2) is 12.2 Å². The first kappa shape index (κ1) is 26.1. The van der Waals surface area contributed by atoms with Crippen molar-refractivity contribution in [3.63, 3.8) is 0 Å². The summed E-state index contributed by atoms with van der Waals surface area (Å²) in [6.45, 7) is 10.8. The lowest BCUT2D eigenvalue weighted by molar-refractivity contribution is -0.248. The Labute approximate surface area is 211 Å². The van der Waals surface area contributed by atoms with Crippen molar-refractivity contribution in [2.45, 2.75) is 97.1 Å². The number of ether oxygens (including phenoxy) is 5. The molecule has 2 aliphatic heterocycles. The summed E-state index contributed by atoms with van der Waals surface area (Å²) in [5, 5.41) is -0.600. The molecule has 2 heterocycles. The lowest BCUT2D eigenvalue weighted by Crippen LogP contribution is -2.60. The molecule has 0 N–H and O–H groups in total. The summed E-state index contributed by atoms with van der Waals surface area (Å²) in [5.74, 6) is 0.0857. The minimum Gasteiger partial charge on any atom is -0.466 e. The molecule has 0 aromatic carbocycles. The standard InChI is InChI=1S/C26H36O8S/c1-7-30-24(29)22-23(26-9-8-14(3)18(12-26)10-13(2)11-26)34-25-21(35-22)20(33-17(6)28)19(15(4)31-25)32-16(5)27/h8,13,15,18-21,25H,7,9-12H2,1-6H3. The van der Waals surface area contributed by atoms with Crippen LogP contribution in [0.1, 0.15) is 67.2 Å². The van der Waals surface area contributed by atoms with Crippen LogP contribution in [-0.4, -0.2) is 54.4 Å². The Morgan fingerprint density at radius 3 is 2.46 bits per heavy atom. The molecule has 2 aliphatic carbocycles. The minimum atomic E-state index is -0.842. The summed E-state index contributed by atoms with van der Waals surface area (Å²) in [5.41, 5.74) is 1.08. The second kappa shape index (κ2) is 10.2. The lowest BCUT2D eigenvalue weighted by Gasteiger charge is -2.52. The molecule has 2 fully saturated rings. The molecule has 0 radical (unpaired) electrons. The number of carbonyl (C=O) groups is 3. The molecule has 8 unspecified atom stereocenters. The van der Waals surface area contributed by atoms with Crippen LogP contribution in [0.2, 0.25) is 0 Å². The Balaban J connectivity index is 1.77. The largest absolute Gasteiger partial charge is 0.466 e. The van der Waals surface area contributed by atoms with Gasteiger partial charge in [0.2, 0.25) is 6.29 Å². The van der Waals surface area contributed by atoms with Gasteiger partial charge in [0.1, 0.15) is 15.9 Å². The number of fused-ring (bicyclic) bond motifs is 3. The second-order valence-electron chi connectivity index (χ2n) is 10.3. The van der Waals surface area contributed by atoms with Gasteiger partial charge < -0.3 is 23.7 Å². The molecule has 0 aromatic heterocycles. The fourth-order valence-corrected chi connectivity index (χ4v) is 7.50. The van der Waals surface area contributed by atoms with Gasteiger partial charge in [0.25, 0.3) is 0 Å². The smallest absolute Gasteiger partial charge is 0.348 e. The number of hydrogen-bond donors (Lipinski definition) is 0. The molecule has 9 heteroatoms. The Bertz CT molecular complexity index is 942. The van der Waals surface area contributed by atoms with E-state index < -0.39 is 47.8 Å². The maximum atomic E-state index is 13.3. The van der Waals surface area contributed by atoms with Crippen LogP contribution in [0.3, 0.4) is 0 Å². The molecule has 4 rings (SSSR count). The average molecular weight is 509 g/mol. The van der Waals surface area contributed by atoms with E-state index in [1.54, 1.807) is 13.8 Å². The normalized spacial score (nSPS) is 38.5. The van der Waals surface area contributed by atoms with E-state index in [0.29, 0.717) is 22.5 Å². The highest BCUT2D eigenvalue weighted by Crippen LogP contribution is 2.58. The van der Waals surface area contributed by atoms with Gasteiger partial charge in [-0.15, -0.1) is 11.8 Å². The molecular formula is C26H36O8S. The zero-order chi connectivity index (χ0) is 25.5. The maximum Gasteiger partial charge on any atom is 0.348 e. The predicted octanol–water partition coefficient (Wildman–Crippen LogP) is 4.27. The van der Waals surface area contributed by atoms with Crippen LogP contribution in [0, 0.1) is 17.3 Å². The van der Waals surface area contributed by atoms with Crippen LogP contribution >= 0.6 is 11.8 Å². The molecule has 8 atom stereocenters. The summed E-state index contributed by atoms with van der Waals surface area (Å²) < 4.78 is 29.4. The Morgan fingerprint density at radius 1 is 1.11 bits per heavy atom. The van der Waals surface area contributed by atoms with Gasteiger partial charge in [-0.05, 0) is 58.3 Å². The molecule has 0 spiro atoms. The average Bonchev–Trinajstić information content (AvgIpc) is 2.77. The number of carbonyl (C=O) groups excluding carboxylic acids is 3. The van der Waals surface area contributed by atoms with Crippen LogP contribution in [0.4, 0.5) is 0 Å². The first-order chi connectivity index (χ1) is 16.5. The highest BCUT2D eigenvalue weighted by Gasteiger charge is 2.56. The van der Waals surface area contributed by atoms with Crippen molar-refractivity contribution in [1.29, 1.82) is 0 Å². The van der Waals surface area contributed by atoms with Gasteiger partial charge in [-0.1, -0.05) is 18.6 Å². The summed E-state index contributed by atoms with van der Waals surface area (Å²) in [6.07, 6.45) is 3.00. The van der Waals surface area contributed by atoms with Crippen LogP contribution in [-0.2, 0) is 38.1 Å². The van der Waals surface area contributed by atoms with Gasteiger partial charge in [0, 0.05) is 19.3 Å². The zero-order valence-electron chi connectivity index (χ0n) is 21.3. The summed E-state index contributed by atoms with van der Waals surface area (Å²) in [7, 11) is 0. The predicted molar refractivity (Wildman–Crippen MR) is 129 cm³/mol. The highest BCUT2D eigenvalue weighted by atomic mass is 32.2. The van der Waals surface area contributed by atoms with Crippen LogP contribution in [0.5, 0.6) is 0 Å². The number of allylic oxidation sites excluding steroid dienone is 3. The van der Waals surface area contributed by atoms with Crippen molar-refractivity contribution in [3.05, 3.63) is 22.3 Å². The van der Waals surface area contributed by atoms with E-state index in [0.717, 1.165) is 25.7 Å². The molecular weight excluding hydrogens is 472 g/mol. The van der Waals surface area contributed by atoms with Crippen molar-refractivity contribution in [2.75, 3.05) is 6.61 Å². The summed E-state index contributed by atoms with van der Waals surface area (Å²) in [4.78, 5) is 37.4. The summed E-state index contributed by atoms with van der Waals surface area (Å²) in [6, 6.07) is 0. The highest BCUT2D eigenvalue weighted by molar-refractivity contribution is 8.04. The fourth-order valence-electron chi connectivity index (χ4n) is 6.12. The van der Waals surface area contributed by atoms with Gasteiger partial charge in [-0.3, -0.25) is 9.59 Å². The first-order valence-electron chi connectivity index (χ1n) is 12.5. The first-order valence-corrected chi connectivity index (χ1v) is 13.3. The molecule has 1 saturated heterocycles. The second-order valence-corrected chi connectivity index (χ2v) is 11.5. The topological polar surface area (TPSA) is 97.4 Å². The zero-order valence-corrected chi connectivity index (χ0v) is 22.1. The molecule has 0 amide bonds. The number of esters is 3. The molecule has 0 aromatic rings. The van der Waals surface area contributed by atoms with E-state index in [4.69, 9.17) is 23.7 Å². The van der Waals surface area contributed by atoms with Gasteiger partial charge >= 0.3 is 17.9 Å². The van der Waals surface area contributed by atoms with Gasteiger partial charge in [0.05, 0.1) is 12.7 Å². The maximum absolute atomic E-state index is 13.3. The van der Waals surface area contributed by atoms with E-state index in [1.807, 2.05) is 0 Å². The molecule has 2 bridgehead atoms. The van der Waals surface area contributed by atoms with Crippen molar-refractivity contribution in [1.82, 2.24) is 0 Å². The third-order valence-corrected chi connectivity index (χ3v) is 8.84. The third kappa shape index (κ3) is 5.12. The Hall–Kier alpha value is -2.00. The third-order valence-electron chi connectivity index (χ3n) is 7.49. The summed E-state index contributed by atoms with van der Waals surface area (Å²) >= 11 is 1.26. The molecule has 1 saturated carbocycles. The SMILES string of the molecule is CCOC(=O)C1=C(C23CC=C(C)C(CC(C)C2)C3)OC2OC(C)C(OC(C)=O)C(OC(C)=O)C2S1. The van der Waals surface area contributed by atoms with Gasteiger partial charge in [-0.25, -0.2) is 4.79 Å². The van der Waals surface area contributed by atoms with E-state index in [-0.39, 0.29) is 12.0 Å². The van der Waals surface area contributed by atoms with Crippen LogP contribution in [0.15, 0.2) is 22.3 Å². The van der Waals surface area contributed by atoms with E-state index in [9.17, 15) is 14.4 Å². The quantitative estimate of drug-likeness (QED) is 0.306. The molecule has 35 heavy (non-hydrogen) atoms. The Kier molecular flexibility index (Phi) is 7.57. The molecule has 4 aliphatic rings. The Morgan fingerprint density at radius 2 is 1.80 bits per heavy atom. The van der Waals surface area contributed by atoms with Crippen LogP contribution in [0.25, 0.3) is 0 Å². The van der Waals surface area contributed by atoms with Crippen molar-refractivity contribution >= 4 is 29.7 Å². The number of thioether (sulfide) groups is 1. The fraction of sp³-hybridized carbons (Fsp3) is 0.731. The van der Waals surface area contributed by atoms with E-state index in [2.05, 4.69) is 19.9 Å². The van der Waals surface area contributed by atoms with Crippen LogP contribution < -0.4 is 0 Å². The van der Waals surface area contributed by atoms with Crippen molar-refractivity contribution in [2.24, 2.45) is 17.3 Å². The van der Waals surface area contributed by atoms with Crippen molar-refractivity contribution < 1.29 is 38.1 Å². The monoisotopic (exact) mass is 508 g/mol. The lowest BCUT2D eigenvalue weighted by atomic mass is 9.59.